The Balaban J connectivity index is 1.68. The summed E-state index contributed by atoms with van der Waals surface area (Å²) in [5.41, 5.74) is 0.169. The SMILES string of the molecule is O=C(NCc1ccccc1OC(F)(F)F)c1cccc(S(=O)(=O)NCc2cccs2)c1. The van der Waals surface area contributed by atoms with E-state index in [0.29, 0.717) is 0 Å². The second kappa shape index (κ2) is 9.50. The van der Waals surface area contributed by atoms with Crippen LogP contribution in [0.5, 0.6) is 5.75 Å². The van der Waals surface area contributed by atoms with Crippen molar-refractivity contribution < 1.29 is 31.1 Å². The van der Waals surface area contributed by atoms with Gasteiger partial charge in [0.05, 0.1) is 4.90 Å². The van der Waals surface area contributed by atoms with E-state index >= 15 is 0 Å². The van der Waals surface area contributed by atoms with Crippen LogP contribution in [0.1, 0.15) is 20.8 Å². The van der Waals surface area contributed by atoms with Crippen LogP contribution >= 0.6 is 11.3 Å². The molecule has 3 aromatic rings. The number of benzene rings is 2. The van der Waals surface area contributed by atoms with Gasteiger partial charge >= 0.3 is 6.36 Å². The summed E-state index contributed by atoms with van der Waals surface area (Å²) >= 11 is 1.40. The van der Waals surface area contributed by atoms with Crippen molar-refractivity contribution in [1.29, 1.82) is 0 Å². The summed E-state index contributed by atoms with van der Waals surface area (Å²) < 4.78 is 69.0. The van der Waals surface area contributed by atoms with Crippen molar-refractivity contribution in [3.63, 3.8) is 0 Å². The zero-order chi connectivity index (χ0) is 22.5. The van der Waals surface area contributed by atoms with E-state index in [4.69, 9.17) is 0 Å². The number of carbonyl (C=O) groups excluding carboxylic acids is 1. The molecule has 2 aromatic carbocycles. The Bertz CT molecular complexity index is 1150. The second-order valence-electron chi connectivity index (χ2n) is 6.27. The molecular formula is C20H17F3N2O4S2. The molecule has 1 aromatic heterocycles. The molecule has 0 aliphatic heterocycles. The molecule has 0 radical (unpaired) electrons. The monoisotopic (exact) mass is 470 g/mol. The molecule has 0 saturated heterocycles. The van der Waals surface area contributed by atoms with Crippen molar-refractivity contribution in [3.05, 3.63) is 82.0 Å². The number of halogens is 3. The number of hydrogen-bond acceptors (Lipinski definition) is 5. The van der Waals surface area contributed by atoms with Crippen LogP contribution in [0.4, 0.5) is 13.2 Å². The first-order valence-corrected chi connectivity index (χ1v) is 11.2. The topological polar surface area (TPSA) is 84.5 Å². The van der Waals surface area contributed by atoms with Crippen molar-refractivity contribution >= 4 is 27.3 Å². The van der Waals surface area contributed by atoms with Crippen LogP contribution in [-0.4, -0.2) is 20.7 Å². The summed E-state index contributed by atoms with van der Waals surface area (Å²) in [6, 6.07) is 14.4. The van der Waals surface area contributed by atoms with Gasteiger partial charge in [-0.05, 0) is 35.7 Å². The predicted octanol–water partition coefficient (Wildman–Crippen LogP) is 4.06. The molecule has 0 aliphatic carbocycles. The van der Waals surface area contributed by atoms with Gasteiger partial charge in [0.1, 0.15) is 5.75 Å². The highest BCUT2D eigenvalue weighted by Gasteiger charge is 2.32. The van der Waals surface area contributed by atoms with Gasteiger partial charge in [0.25, 0.3) is 5.91 Å². The van der Waals surface area contributed by atoms with Gasteiger partial charge in [-0.2, -0.15) is 0 Å². The molecule has 0 atom stereocenters. The molecule has 0 bridgehead atoms. The van der Waals surface area contributed by atoms with Crippen molar-refractivity contribution in [3.8, 4) is 5.75 Å². The quantitative estimate of drug-likeness (QED) is 0.520. The van der Waals surface area contributed by atoms with Crippen LogP contribution in [0.2, 0.25) is 0 Å². The fraction of sp³-hybridized carbons (Fsp3) is 0.150. The third-order valence-electron chi connectivity index (χ3n) is 4.06. The molecule has 0 saturated carbocycles. The minimum absolute atomic E-state index is 0.0493. The second-order valence-corrected chi connectivity index (χ2v) is 9.07. The molecule has 0 aliphatic rings. The van der Waals surface area contributed by atoms with Crippen LogP contribution in [0.3, 0.4) is 0 Å². The summed E-state index contributed by atoms with van der Waals surface area (Å²) in [5, 5.41) is 4.30. The van der Waals surface area contributed by atoms with Gasteiger partial charge < -0.3 is 10.1 Å². The Morgan fingerprint density at radius 1 is 1.00 bits per heavy atom. The number of amides is 1. The van der Waals surface area contributed by atoms with Gasteiger partial charge in [-0.15, -0.1) is 24.5 Å². The van der Waals surface area contributed by atoms with E-state index in [9.17, 15) is 26.4 Å². The Morgan fingerprint density at radius 2 is 1.77 bits per heavy atom. The van der Waals surface area contributed by atoms with E-state index in [0.717, 1.165) is 10.9 Å². The number of alkyl halides is 3. The number of sulfonamides is 1. The highest BCUT2D eigenvalue weighted by Crippen LogP contribution is 2.26. The standard InChI is InChI=1S/C20H17F3N2O4S2/c21-20(22,23)29-18-9-2-1-5-15(18)12-24-19(26)14-6-3-8-17(11-14)31(27,28)25-13-16-7-4-10-30-16/h1-11,25H,12-13H2,(H,24,26). The molecule has 0 spiro atoms. The number of hydrogen-bond donors (Lipinski definition) is 2. The summed E-state index contributed by atoms with van der Waals surface area (Å²) in [7, 11) is -3.85. The van der Waals surface area contributed by atoms with Crippen molar-refractivity contribution in [1.82, 2.24) is 10.0 Å². The fourth-order valence-electron chi connectivity index (χ4n) is 2.62. The Morgan fingerprint density at radius 3 is 2.48 bits per heavy atom. The van der Waals surface area contributed by atoms with Crippen molar-refractivity contribution in [2.45, 2.75) is 24.3 Å². The average molecular weight is 470 g/mol. The predicted molar refractivity (Wildman–Crippen MR) is 109 cm³/mol. The maximum atomic E-state index is 12.5. The lowest BCUT2D eigenvalue weighted by Gasteiger charge is -2.14. The number of nitrogens with one attached hydrogen (secondary N) is 2. The fourth-order valence-corrected chi connectivity index (χ4v) is 4.41. The van der Waals surface area contributed by atoms with Gasteiger partial charge in [0.2, 0.25) is 10.0 Å². The summed E-state index contributed by atoms with van der Waals surface area (Å²) in [4.78, 5) is 13.2. The van der Waals surface area contributed by atoms with E-state index in [-0.39, 0.29) is 29.1 Å². The van der Waals surface area contributed by atoms with Crippen LogP contribution < -0.4 is 14.8 Å². The van der Waals surface area contributed by atoms with E-state index in [1.165, 1.54) is 53.8 Å². The van der Waals surface area contributed by atoms with Crippen LogP contribution in [0, 0.1) is 0 Å². The van der Waals surface area contributed by atoms with Gasteiger partial charge in [-0.1, -0.05) is 30.3 Å². The zero-order valence-corrected chi connectivity index (χ0v) is 17.5. The lowest BCUT2D eigenvalue weighted by molar-refractivity contribution is -0.274. The maximum Gasteiger partial charge on any atom is 0.573 e. The highest BCUT2D eigenvalue weighted by atomic mass is 32.2. The Kier molecular flexibility index (Phi) is 6.98. The number of rotatable bonds is 8. The van der Waals surface area contributed by atoms with E-state index in [1.807, 2.05) is 5.38 Å². The minimum atomic E-state index is -4.86. The normalized spacial score (nSPS) is 11.8. The highest BCUT2D eigenvalue weighted by molar-refractivity contribution is 7.89. The smallest absolute Gasteiger partial charge is 0.405 e. The van der Waals surface area contributed by atoms with Crippen LogP contribution in [0.25, 0.3) is 0 Å². The average Bonchev–Trinajstić information content (AvgIpc) is 3.24. The Labute approximate surface area is 180 Å². The van der Waals surface area contributed by atoms with E-state index < -0.39 is 28.0 Å². The molecule has 3 rings (SSSR count). The number of ether oxygens (including phenoxy) is 1. The van der Waals surface area contributed by atoms with Gasteiger partial charge in [0, 0.05) is 29.1 Å². The minimum Gasteiger partial charge on any atom is -0.405 e. The molecule has 6 nitrogen and oxygen atoms in total. The lowest BCUT2D eigenvalue weighted by Crippen LogP contribution is -2.26. The summed E-state index contributed by atoms with van der Waals surface area (Å²) in [6.07, 6.45) is -4.86. The van der Waals surface area contributed by atoms with Gasteiger partial charge in [0.15, 0.2) is 0 Å². The third kappa shape index (κ3) is 6.54. The molecule has 31 heavy (non-hydrogen) atoms. The van der Waals surface area contributed by atoms with Crippen LogP contribution in [-0.2, 0) is 23.1 Å². The molecule has 1 amide bonds. The van der Waals surface area contributed by atoms with E-state index in [2.05, 4.69) is 14.8 Å². The largest absolute Gasteiger partial charge is 0.573 e. The first-order chi connectivity index (χ1) is 14.6. The molecule has 2 N–H and O–H groups in total. The van der Waals surface area contributed by atoms with Gasteiger partial charge in [-0.25, -0.2) is 13.1 Å². The maximum absolute atomic E-state index is 12.5. The molecule has 164 valence electrons. The first kappa shape index (κ1) is 22.8. The van der Waals surface area contributed by atoms with E-state index in [1.54, 1.807) is 12.1 Å². The summed E-state index contributed by atoms with van der Waals surface area (Å²) in [5.74, 6) is -1.07. The molecule has 11 heteroatoms. The molecule has 1 heterocycles. The molecule has 0 fully saturated rings. The summed E-state index contributed by atoms with van der Waals surface area (Å²) in [6.45, 7) is -0.120. The molecular weight excluding hydrogens is 453 g/mol. The third-order valence-corrected chi connectivity index (χ3v) is 6.34. The lowest BCUT2D eigenvalue weighted by atomic mass is 10.1. The Hall–Kier alpha value is -2.89. The van der Waals surface area contributed by atoms with Gasteiger partial charge in [-0.3, -0.25) is 4.79 Å². The molecule has 0 unspecified atom stereocenters. The van der Waals surface area contributed by atoms with Crippen molar-refractivity contribution in [2.24, 2.45) is 0 Å². The number of carbonyl (C=O) groups is 1. The number of thiophene rings is 1. The van der Waals surface area contributed by atoms with Crippen LogP contribution in [0.15, 0.2) is 70.9 Å². The first-order valence-electron chi connectivity index (χ1n) is 8.88. The van der Waals surface area contributed by atoms with Crippen molar-refractivity contribution in [2.75, 3.05) is 0 Å². The zero-order valence-electron chi connectivity index (χ0n) is 15.8. The number of para-hydroxylation sites is 1.